The Morgan fingerprint density at radius 3 is 2.65 bits per heavy atom. The Labute approximate surface area is 139 Å². The van der Waals surface area contributed by atoms with Crippen LogP contribution in [0.25, 0.3) is 0 Å². The van der Waals surface area contributed by atoms with E-state index in [-0.39, 0.29) is 16.6 Å². The molecule has 120 valence electrons. The molecule has 1 atom stereocenters. The quantitative estimate of drug-likeness (QED) is 0.807. The van der Waals surface area contributed by atoms with Crippen LogP contribution in [0.4, 0.5) is 24.5 Å². The van der Waals surface area contributed by atoms with Crippen molar-refractivity contribution in [2.45, 2.75) is 16.4 Å². The van der Waals surface area contributed by atoms with Crippen LogP contribution in [-0.4, -0.2) is 11.3 Å². The van der Waals surface area contributed by atoms with E-state index < -0.39 is 17.1 Å². The number of amides is 1. The Kier molecular flexibility index (Phi) is 4.16. The predicted molar refractivity (Wildman–Crippen MR) is 84.8 cm³/mol. The zero-order valence-corrected chi connectivity index (χ0v) is 13.0. The monoisotopic (exact) mass is 358 g/mol. The average molecular weight is 359 g/mol. The maximum Gasteiger partial charge on any atom is 0.417 e. The number of anilines is 2. The summed E-state index contributed by atoms with van der Waals surface area (Å²) in [6.07, 6.45) is -4.55. The standard InChI is InChI=1S/C15H10ClF3N2OS/c16-10-6-5-8(7-9(10)15(17,18)19)20-14-13(22)21-11-3-1-2-4-12(11)23-14/h1-7,14,20H,(H,21,22)/t14-/m1/s1. The number of hydrogen-bond donors (Lipinski definition) is 2. The second-order valence-corrected chi connectivity index (χ2v) is 6.37. The summed E-state index contributed by atoms with van der Waals surface area (Å²) >= 11 is 6.83. The number of para-hydroxylation sites is 1. The SMILES string of the molecule is O=C1Nc2ccccc2S[C@H]1Nc1ccc(Cl)c(C(F)(F)F)c1. The van der Waals surface area contributed by atoms with Crippen molar-refractivity contribution in [1.82, 2.24) is 0 Å². The third-order valence-corrected chi connectivity index (χ3v) is 4.70. The summed E-state index contributed by atoms with van der Waals surface area (Å²) < 4.78 is 38.7. The first-order chi connectivity index (χ1) is 10.8. The topological polar surface area (TPSA) is 41.1 Å². The molecule has 3 nitrogen and oxygen atoms in total. The van der Waals surface area contributed by atoms with Crippen molar-refractivity contribution in [2.75, 3.05) is 10.6 Å². The highest BCUT2D eigenvalue weighted by Crippen LogP contribution is 2.38. The molecule has 0 aromatic heterocycles. The zero-order chi connectivity index (χ0) is 16.6. The first kappa shape index (κ1) is 16.0. The molecular weight excluding hydrogens is 349 g/mol. The molecule has 0 unspecified atom stereocenters. The summed E-state index contributed by atoms with van der Waals surface area (Å²) in [7, 11) is 0. The predicted octanol–water partition coefficient (Wildman–Crippen LogP) is 4.84. The second-order valence-electron chi connectivity index (χ2n) is 4.82. The van der Waals surface area contributed by atoms with Gasteiger partial charge in [-0.05, 0) is 30.3 Å². The van der Waals surface area contributed by atoms with Crippen LogP contribution in [0, 0.1) is 0 Å². The normalized spacial score (nSPS) is 17.4. The van der Waals surface area contributed by atoms with E-state index in [0.717, 1.165) is 17.0 Å². The van der Waals surface area contributed by atoms with Crippen molar-refractivity contribution in [3.05, 3.63) is 53.1 Å². The van der Waals surface area contributed by atoms with E-state index in [1.807, 2.05) is 12.1 Å². The fourth-order valence-corrected chi connectivity index (χ4v) is 3.37. The van der Waals surface area contributed by atoms with E-state index in [0.29, 0.717) is 5.69 Å². The molecule has 1 heterocycles. The maximum absolute atomic E-state index is 12.9. The number of fused-ring (bicyclic) bond motifs is 1. The molecule has 8 heteroatoms. The lowest BCUT2D eigenvalue weighted by Crippen LogP contribution is -2.34. The van der Waals surface area contributed by atoms with Crippen LogP contribution in [0.15, 0.2) is 47.4 Å². The van der Waals surface area contributed by atoms with Crippen LogP contribution in [0.2, 0.25) is 5.02 Å². The Hall–Kier alpha value is -1.86. The van der Waals surface area contributed by atoms with Gasteiger partial charge < -0.3 is 10.6 Å². The molecule has 0 aliphatic carbocycles. The lowest BCUT2D eigenvalue weighted by atomic mass is 10.2. The van der Waals surface area contributed by atoms with Crippen molar-refractivity contribution in [3.8, 4) is 0 Å². The number of nitrogens with one attached hydrogen (secondary N) is 2. The van der Waals surface area contributed by atoms with Crippen molar-refractivity contribution in [1.29, 1.82) is 0 Å². The highest BCUT2D eigenvalue weighted by molar-refractivity contribution is 8.01. The Morgan fingerprint density at radius 2 is 1.91 bits per heavy atom. The molecule has 2 aromatic rings. The molecule has 0 saturated carbocycles. The molecule has 1 aliphatic rings. The van der Waals surface area contributed by atoms with E-state index in [1.54, 1.807) is 12.1 Å². The summed E-state index contributed by atoms with van der Waals surface area (Å²) in [4.78, 5) is 12.9. The molecule has 0 fully saturated rings. The molecule has 2 N–H and O–H groups in total. The van der Waals surface area contributed by atoms with E-state index in [1.165, 1.54) is 17.8 Å². The third kappa shape index (κ3) is 3.40. The minimum absolute atomic E-state index is 0.175. The third-order valence-electron chi connectivity index (χ3n) is 3.20. The van der Waals surface area contributed by atoms with E-state index >= 15 is 0 Å². The van der Waals surface area contributed by atoms with Gasteiger partial charge in [-0.15, -0.1) is 0 Å². The van der Waals surface area contributed by atoms with E-state index in [4.69, 9.17) is 11.6 Å². The van der Waals surface area contributed by atoms with Gasteiger partial charge in [0.15, 0.2) is 5.37 Å². The van der Waals surface area contributed by atoms with Crippen molar-refractivity contribution in [3.63, 3.8) is 0 Å². The number of thioether (sulfide) groups is 1. The summed E-state index contributed by atoms with van der Waals surface area (Å²) in [6.45, 7) is 0. The average Bonchev–Trinajstić information content (AvgIpc) is 2.49. The van der Waals surface area contributed by atoms with Crippen molar-refractivity contribution >= 4 is 40.6 Å². The molecule has 0 spiro atoms. The lowest BCUT2D eigenvalue weighted by molar-refractivity contribution is -0.137. The second kappa shape index (κ2) is 5.98. The van der Waals surface area contributed by atoms with Crippen molar-refractivity contribution < 1.29 is 18.0 Å². The first-order valence-corrected chi connectivity index (χ1v) is 7.80. The molecule has 0 bridgehead atoms. The van der Waals surface area contributed by atoms with Crippen LogP contribution >= 0.6 is 23.4 Å². The lowest BCUT2D eigenvalue weighted by Gasteiger charge is -2.25. The number of carbonyl (C=O) groups is 1. The number of hydrogen-bond acceptors (Lipinski definition) is 3. The minimum atomic E-state index is -4.55. The van der Waals surface area contributed by atoms with Gasteiger partial charge in [0.2, 0.25) is 0 Å². The van der Waals surface area contributed by atoms with Gasteiger partial charge in [0.25, 0.3) is 5.91 Å². The Balaban J connectivity index is 1.84. The van der Waals surface area contributed by atoms with Gasteiger partial charge in [0.05, 0.1) is 16.3 Å². The molecule has 2 aromatic carbocycles. The van der Waals surface area contributed by atoms with Crippen LogP contribution < -0.4 is 10.6 Å². The summed E-state index contributed by atoms with van der Waals surface area (Å²) in [5.74, 6) is -0.322. The van der Waals surface area contributed by atoms with Crippen LogP contribution in [0.3, 0.4) is 0 Å². The molecule has 0 radical (unpaired) electrons. The molecule has 0 saturated heterocycles. The van der Waals surface area contributed by atoms with Crippen LogP contribution in [-0.2, 0) is 11.0 Å². The summed E-state index contributed by atoms with van der Waals surface area (Å²) in [5.41, 5.74) is -0.0767. The number of benzene rings is 2. The summed E-state index contributed by atoms with van der Waals surface area (Å²) in [5, 5.41) is 4.41. The van der Waals surface area contributed by atoms with Gasteiger partial charge in [0.1, 0.15) is 0 Å². The number of halogens is 4. The van der Waals surface area contributed by atoms with Crippen molar-refractivity contribution in [2.24, 2.45) is 0 Å². The first-order valence-electron chi connectivity index (χ1n) is 6.54. The Morgan fingerprint density at radius 1 is 1.17 bits per heavy atom. The Bertz CT molecular complexity index is 767. The van der Waals surface area contributed by atoms with E-state index in [9.17, 15) is 18.0 Å². The highest BCUT2D eigenvalue weighted by Gasteiger charge is 2.34. The van der Waals surface area contributed by atoms with Gasteiger partial charge in [0, 0.05) is 10.6 Å². The van der Waals surface area contributed by atoms with Crippen LogP contribution in [0.1, 0.15) is 5.56 Å². The maximum atomic E-state index is 12.9. The smallest absolute Gasteiger partial charge is 0.365 e. The molecule has 23 heavy (non-hydrogen) atoms. The largest absolute Gasteiger partial charge is 0.417 e. The molecule has 3 rings (SSSR count). The zero-order valence-electron chi connectivity index (χ0n) is 11.4. The van der Waals surface area contributed by atoms with Gasteiger partial charge in [-0.2, -0.15) is 13.2 Å². The fraction of sp³-hybridized carbons (Fsp3) is 0.133. The number of alkyl halides is 3. The van der Waals surface area contributed by atoms with Gasteiger partial charge in [-0.25, -0.2) is 0 Å². The molecule has 1 aliphatic heterocycles. The molecule has 1 amide bonds. The van der Waals surface area contributed by atoms with Gasteiger partial charge in [-0.3, -0.25) is 4.79 Å². The summed E-state index contributed by atoms with van der Waals surface area (Å²) in [6, 6.07) is 10.7. The number of carbonyl (C=O) groups excluding carboxylic acids is 1. The molecular formula is C15H10ClF3N2OS. The minimum Gasteiger partial charge on any atom is -0.365 e. The number of rotatable bonds is 2. The highest BCUT2D eigenvalue weighted by atomic mass is 35.5. The van der Waals surface area contributed by atoms with E-state index in [2.05, 4.69) is 10.6 Å². The van der Waals surface area contributed by atoms with Crippen LogP contribution in [0.5, 0.6) is 0 Å². The van der Waals surface area contributed by atoms with Gasteiger partial charge >= 0.3 is 6.18 Å². The van der Waals surface area contributed by atoms with Gasteiger partial charge in [-0.1, -0.05) is 35.5 Å². The fourth-order valence-electron chi connectivity index (χ4n) is 2.13.